The van der Waals surface area contributed by atoms with E-state index in [1.807, 2.05) is 30.3 Å². The van der Waals surface area contributed by atoms with Crippen LogP contribution in [-0.4, -0.2) is 35.4 Å². The van der Waals surface area contributed by atoms with Gasteiger partial charge in [-0.05, 0) is 5.56 Å². The molecular weight excluding hydrogens is 230 g/mol. The molecule has 0 bridgehead atoms. The highest BCUT2D eigenvalue weighted by atomic mass is 16.2. The average molecular weight is 245 g/mol. The number of fused-ring (bicyclic) bond motifs is 1. The predicted molar refractivity (Wildman–Crippen MR) is 67.3 cm³/mol. The molecule has 0 aromatic heterocycles. The quantitative estimate of drug-likeness (QED) is 0.636. The van der Waals surface area contributed by atoms with E-state index in [1.165, 1.54) is 4.90 Å². The lowest BCUT2D eigenvalue weighted by Crippen LogP contribution is -2.56. The lowest BCUT2D eigenvalue weighted by molar-refractivity contribution is -0.130. The van der Waals surface area contributed by atoms with Gasteiger partial charge in [0.15, 0.2) is 5.96 Å². The number of hydrazine groups is 1. The summed E-state index contributed by atoms with van der Waals surface area (Å²) >= 11 is 0. The fraction of sp³-hybridized carbons (Fsp3) is 0.333. The van der Waals surface area contributed by atoms with Crippen molar-refractivity contribution in [3.63, 3.8) is 0 Å². The van der Waals surface area contributed by atoms with Gasteiger partial charge in [-0.25, -0.2) is 10.4 Å². The number of aliphatic imine (C=N–C) groups is 1. The largest absolute Gasteiger partial charge is 0.369 e. The van der Waals surface area contributed by atoms with Crippen LogP contribution in [0.5, 0.6) is 0 Å². The Labute approximate surface area is 105 Å². The van der Waals surface area contributed by atoms with Gasteiger partial charge in [0.25, 0.3) is 0 Å². The van der Waals surface area contributed by atoms with E-state index in [4.69, 9.17) is 5.73 Å². The summed E-state index contributed by atoms with van der Waals surface area (Å²) in [4.78, 5) is 18.2. The third kappa shape index (κ3) is 1.85. The second-order valence-electron chi connectivity index (χ2n) is 4.47. The van der Waals surface area contributed by atoms with Crippen LogP contribution in [0.25, 0.3) is 0 Å². The number of rotatable bonds is 2. The number of carbonyl (C=O) groups excluding carboxylic acids is 1. The Hall–Kier alpha value is -1.92. The molecule has 0 radical (unpaired) electrons. The van der Waals surface area contributed by atoms with Gasteiger partial charge in [-0.1, -0.05) is 30.3 Å². The van der Waals surface area contributed by atoms with Gasteiger partial charge in [0.1, 0.15) is 6.04 Å². The zero-order valence-corrected chi connectivity index (χ0v) is 9.84. The summed E-state index contributed by atoms with van der Waals surface area (Å²) in [6, 6.07) is 9.35. The van der Waals surface area contributed by atoms with Crippen LogP contribution in [0, 0.1) is 0 Å². The lowest BCUT2D eigenvalue weighted by atomic mass is 10.1. The van der Waals surface area contributed by atoms with Crippen molar-refractivity contribution in [3.05, 3.63) is 35.9 Å². The average Bonchev–Trinajstić information content (AvgIpc) is 2.84. The lowest BCUT2D eigenvalue weighted by Gasteiger charge is -2.30. The SMILES string of the molecule is NC1=NC2CNNC2C(=O)N1Cc1ccccc1. The van der Waals surface area contributed by atoms with E-state index in [9.17, 15) is 4.79 Å². The maximum Gasteiger partial charge on any atom is 0.250 e. The van der Waals surface area contributed by atoms with Gasteiger partial charge in [0.05, 0.1) is 12.6 Å². The van der Waals surface area contributed by atoms with Gasteiger partial charge in [0, 0.05) is 6.54 Å². The molecule has 1 amide bonds. The zero-order valence-electron chi connectivity index (χ0n) is 9.84. The van der Waals surface area contributed by atoms with Crippen molar-refractivity contribution in [3.8, 4) is 0 Å². The molecular formula is C12H15N5O. The van der Waals surface area contributed by atoms with Gasteiger partial charge >= 0.3 is 0 Å². The van der Waals surface area contributed by atoms with E-state index >= 15 is 0 Å². The van der Waals surface area contributed by atoms with Gasteiger partial charge in [0.2, 0.25) is 5.91 Å². The van der Waals surface area contributed by atoms with E-state index in [0.29, 0.717) is 19.0 Å². The third-order valence-electron chi connectivity index (χ3n) is 3.24. The first-order valence-corrected chi connectivity index (χ1v) is 5.92. The van der Waals surface area contributed by atoms with Crippen LogP contribution < -0.4 is 16.6 Å². The van der Waals surface area contributed by atoms with Crippen LogP contribution in [0.2, 0.25) is 0 Å². The Bertz CT molecular complexity index is 487. The maximum atomic E-state index is 12.3. The number of hydrogen-bond acceptors (Lipinski definition) is 5. The predicted octanol–water partition coefficient (Wildman–Crippen LogP) is -0.811. The first kappa shape index (κ1) is 11.2. The first-order valence-electron chi connectivity index (χ1n) is 5.92. The summed E-state index contributed by atoms with van der Waals surface area (Å²) < 4.78 is 0. The van der Waals surface area contributed by atoms with Crippen LogP contribution in [0.1, 0.15) is 5.56 Å². The highest BCUT2D eigenvalue weighted by Crippen LogP contribution is 2.16. The fourth-order valence-electron chi connectivity index (χ4n) is 2.28. The van der Waals surface area contributed by atoms with Crippen molar-refractivity contribution in [2.75, 3.05) is 6.54 Å². The smallest absolute Gasteiger partial charge is 0.250 e. The van der Waals surface area contributed by atoms with Gasteiger partial charge < -0.3 is 5.73 Å². The van der Waals surface area contributed by atoms with Crippen LogP contribution in [0.15, 0.2) is 35.3 Å². The number of hydrogen-bond donors (Lipinski definition) is 3. The Morgan fingerprint density at radius 1 is 1.39 bits per heavy atom. The summed E-state index contributed by atoms with van der Waals surface area (Å²) in [6.45, 7) is 1.09. The number of amides is 1. The van der Waals surface area contributed by atoms with Crippen LogP contribution in [0.3, 0.4) is 0 Å². The molecule has 1 aromatic rings. The molecule has 4 N–H and O–H groups in total. The molecule has 1 aromatic carbocycles. The van der Waals surface area contributed by atoms with E-state index in [0.717, 1.165) is 5.56 Å². The molecule has 2 aliphatic heterocycles. The molecule has 3 rings (SSSR count). The number of nitrogens with one attached hydrogen (secondary N) is 2. The van der Waals surface area contributed by atoms with Crippen molar-refractivity contribution in [1.82, 2.24) is 15.8 Å². The summed E-state index contributed by atoms with van der Waals surface area (Å²) in [7, 11) is 0. The number of nitrogens with zero attached hydrogens (tertiary/aromatic N) is 2. The van der Waals surface area contributed by atoms with Gasteiger partial charge in [-0.15, -0.1) is 0 Å². The first-order chi connectivity index (χ1) is 8.75. The van der Waals surface area contributed by atoms with Crippen LogP contribution in [-0.2, 0) is 11.3 Å². The second-order valence-corrected chi connectivity index (χ2v) is 4.47. The van der Waals surface area contributed by atoms with Gasteiger partial charge in [-0.3, -0.25) is 15.1 Å². The standard InChI is InChI=1S/C12H15N5O/c13-12-15-9-6-14-16-10(9)11(18)17(12)7-8-4-2-1-3-5-8/h1-5,9-10,14,16H,6-7H2,(H2,13,15). The number of carbonyl (C=O) groups is 1. The molecule has 2 heterocycles. The summed E-state index contributed by atoms with van der Waals surface area (Å²) in [5.74, 6) is 0.275. The van der Waals surface area contributed by atoms with Crippen LogP contribution >= 0.6 is 0 Å². The molecule has 0 saturated carbocycles. The molecule has 6 nitrogen and oxygen atoms in total. The van der Waals surface area contributed by atoms with Crippen molar-refractivity contribution >= 4 is 11.9 Å². The monoisotopic (exact) mass is 245 g/mol. The van der Waals surface area contributed by atoms with E-state index in [2.05, 4.69) is 15.8 Å². The molecule has 2 atom stereocenters. The molecule has 1 saturated heterocycles. The van der Waals surface area contributed by atoms with E-state index < -0.39 is 0 Å². The van der Waals surface area contributed by atoms with Crippen molar-refractivity contribution < 1.29 is 4.79 Å². The minimum absolute atomic E-state index is 0.0265. The van der Waals surface area contributed by atoms with Crippen LogP contribution in [0.4, 0.5) is 0 Å². The summed E-state index contributed by atoms with van der Waals surface area (Å²) in [6.07, 6.45) is 0. The Morgan fingerprint density at radius 2 is 2.17 bits per heavy atom. The minimum Gasteiger partial charge on any atom is -0.369 e. The highest BCUT2D eigenvalue weighted by Gasteiger charge is 2.40. The molecule has 0 aliphatic carbocycles. The topological polar surface area (TPSA) is 82.7 Å². The maximum absolute atomic E-state index is 12.3. The van der Waals surface area contributed by atoms with Crippen molar-refractivity contribution in [1.29, 1.82) is 0 Å². The molecule has 94 valence electrons. The van der Waals surface area contributed by atoms with Gasteiger partial charge in [-0.2, -0.15) is 0 Å². The molecule has 2 aliphatic rings. The normalized spacial score (nSPS) is 27.0. The number of benzene rings is 1. The van der Waals surface area contributed by atoms with E-state index in [-0.39, 0.29) is 18.0 Å². The number of nitrogens with two attached hydrogens (primary N) is 1. The molecule has 0 spiro atoms. The number of guanidine groups is 1. The van der Waals surface area contributed by atoms with E-state index in [1.54, 1.807) is 0 Å². The summed E-state index contributed by atoms with van der Waals surface area (Å²) in [5, 5.41) is 0. The molecule has 18 heavy (non-hydrogen) atoms. The molecule has 6 heteroatoms. The minimum atomic E-state index is -0.305. The zero-order chi connectivity index (χ0) is 12.5. The third-order valence-corrected chi connectivity index (χ3v) is 3.24. The molecule has 2 unspecified atom stereocenters. The van der Waals surface area contributed by atoms with Crippen molar-refractivity contribution in [2.24, 2.45) is 10.7 Å². The Kier molecular flexibility index (Phi) is 2.73. The summed E-state index contributed by atoms with van der Waals surface area (Å²) in [5.41, 5.74) is 12.8. The second kappa shape index (κ2) is 4.40. The Balaban J connectivity index is 1.84. The highest BCUT2D eigenvalue weighted by molar-refractivity contribution is 6.01. The Morgan fingerprint density at radius 3 is 2.94 bits per heavy atom. The fourth-order valence-corrected chi connectivity index (χ4v) is 2.28. The van der Waals surface area contributed by atoms with Crippen molar-refractivity contribution in [2.45, 2.75) is 18.6 Å². The molecule has 1 fully saturated rings.